The van der Waals surface area contributed by atoms with Gasteiger partial charge >= 0.3 is 5.97 Å². The van der Waals surface area contributed by atoms with Crippen molar-refractivity contribution < 1.29 is 19.5 Å². The van der Waals surface area contributed by atoms with Gasteiger partial charge in [-0.25, -0.2) is 4.79 Å². The Hall–Kier alpha value is -1.79. The maximum absolute atomic E-state index is 12.6. The summed E-state index contributed by atoms with van der Waals surface area (Å²) >= 11 is 23.7. The van der Waals surface area contributed by atoms with Crippen LogP contribution in [0.4, 0.5) is 5.69 Å². The van der Waals surface area contributed by atoms with Gasteiger partial charge in [-0.3, -0.25) is 9.59 Å². The van der Waals surface area contributed by atoms with Crippen LogP contribution in [-0.4, -0.2) is 22.8 Å². The molecule has 2 aromatic carbocycles. The standard InChI is InChI=1S/C16H9Cl4NO4/c1-6(22)7-3-2-4-8(5-7)21-15(23)9-10(16(24)25)12(18)14(20)13(19)11(9)17/h2-5H,1H3,(H,21,23)(H,24,25). The molecule has 9 heteroatoms. The predicted molar refractivity (Wildman–Crippen MR) is 97.8 cm³/mol. The van der Waals surface area contributed by atoms with Crippen molar-refractivity contribution in [2.24, 2.45) is 0 Å². The minimum absolute atomic E-state index is 0.196. The molecule has 0 radical (unpaired) electrons. The van der Waals surface area contributed by atoms with Crippen molar-refractivity contribution in [3.63, 3.8) is 0 Å². The molecule has 0 saturated carbocycles. The summed E-state index contributed by atoms with van der Waals surface area (Å²) in [5.41, 5.74) is -0.357. The number of rotatable bonds is 4. The van der Waals surface area contributed by atoms with Crippen LogP contribution >= 0.6 is 46.4 Å². The third-order valence-electron chi connectivity index (χ3n) is 3.23. The highest BCUT2D eigenvalue weighted by Crippen LogP contribution is 2.41. The summed E-state index contributed by atoms with van der Waals surface area (Å²) in [6, 6.07) is 6.10. The largest absolute Gasteiger partial charge is 0.478 e. The fourth-order valence-electron chi connectivity index (χ4n) is 2.06. The lowest BCUT2D eigenvalue weighted by molar-refractivity contribution is 0.0692. The molecular weight excluding hydrogens is 412 g/mol. The van der Waals surface area contributed by atoms with Crippen LogP contribution in [0.5, 0.6) is 0 Å². The van der Waals surface area contributed by atoms with E-state index in [0.29, 0.717) is 5.56 Å². The van der Waals surface area contributed by atoms with Crippen molar-refractivity contribution in [1.82, 2.24) is 0 Å². The normalized spacial score (nSPS) is 10.4. The molecule has 0 fully saturated rings. The van der Waals surface area contributed by atoms with Gasteiger partial charge in [-0.05, 0) is 19.1 Å². The molecule has 0 aliphatic rings. The Labute approximate surface area is 162 Å². The lowest BCUT2D eigenvalue weighted by Crippen LogP contribution is -2.18. The van der Waals surface area contributed by atoms with Crippen LogP contribution in [0.1, 0.15) is 38.0 Å². The maximum Gasteiger partial charge on any atom is 0.338 e. The molecule has 5 nitrogen and oxygen atoms in total. The number of carbonyl (C=O) groups is 3. The number of nitrogens with one attached hydrogen (secondary N) is 1. The first-order chi connectivity index (χ1) is 11.6. The highest BCUT2D eigenvalue weighted by Gasteiger charge is 2.28. The van der Waals surface area contributed by atoms with E-state index in [9.17, 15) is 19.5 Å². The highest BCUT2D eigenvalue weighted by molar-refractivity contribution is 6.54. The van der Waals surface area contributed by atoms with Crippen molar-refractivity contribution in [3.8, 4) is 0 Å². The summed E-state index contributed by atoms with van der Waals surface area (Å²) in [6.07, 6.45) is 0. The summed E-state index contributed by atoms with van der Waals surface area (Å²) in [4.78, 5) is 35.5. The molecule has 0 aromatic heterocycles. The number of hydrogen-bond donors (Lipinski definition) is 2. The molecule has 25 heavy (non-hydrogen) atoms. The average molecular weight is 421 g/mol. The van der Waals surface area contributed by atoms with Gasteiger partial charge in [0.1, 0.15) is 0 Å². The molecule has 0 saturated heterocycles. The number of carboxylic acid groups (broad SMARTS) is 1. The minimum Gasteiger partial charge on any atom is -0.478 e. The maximum atomic E-state index is 12.6. The van der Waals surface area contributed by atoms with Gasteiger partial charge in [-0.1, -0.05) is 58.5 Å². The highest BCUT2D eigenvalue weighted by atomic mass is 35.5. The Morgan fingerprint density at radius 1 is 0.920 bits per heavy atom. The summed E-state index contributed by atoms with van der Waals surface area (Å²) in [6.45, 7) is 1.37. The smallest absolute Gasteiger partial charge is 0.338 e. The number of carbonyl (C=O) groups excluding carboxylic acids is 2. The third-order valence-corrected chi connectivity index (χ3v) is 5.04. The van der Waals surface area contributed by atoms with E-state index in [4.69, 9.17) is 46.4 Å². The van der Waals surface area contributed by atoms with Gasteiger partial charge in [-0.2, -0.15) is 0 Å². The van der Waals surface area contributed by atoms with Crippen molar-refractivity contribution >= 4 is 69.8 Å². The van der Waals surface area contributed by atoms with Gasteiger partial charge < -0.3 is 10.4 Å². The molecule has 0 unspecified atom stereocenters. The number of anilines is 1. The zero-order valence-corrected chi connectivity index (χ0v) is 15.5. The van der Waals surface area contributed by atoms with Crippen LogP contribution in [0.2, 0.25) is 20.1 Å². The van der Waals surface area contributed by atoms with E-state index in [1.165, 1.54) is 19.1 Å². The van der Waals surface area contributed by atoms with Crippen LogP contribution in [0.3, 0.4) is 0 Å². The van der Waals surface area contributed by atoms with Gasteiger partial charge in [0, 0.05) is 11.3 Å². The summed E-state index contributed by atoms with van der Waals surface area (Å²) in [5, 5.41) is 10.6. The van der Waals surface area contributed by atoms with Gasteiger partial charge in [-0.15, -0.1) is 0 Å². The predicted octanol–water partition coefficient (Wildman–Crippen LogP) is 5.45. The zero-order valence-electron chi connectivity index (χ0n) is 12.5. The van der Waals surface area contributed by atoms with Crippen LogP contribution in [0.15, 0.2) is 24.3 Å². The molecule has 2 aromatic rings. The fraction of sp³-hybridized carbons (Fsp3) is 0.0625. The SMILES string of the molecule is CC(=O)c1cccc(NC(=O)c2c(Cl)c(Cl)c(Cl)c(Cl)c2C(=O)O)c1. The van der Waals surface area contributed by atoms with Gasteiger partial charge in [0.2, 0.25) is 0 Å². The Balaban J connectivity index is 2.55. The Bertz CT molecular complexity index is 911. The first-order valence-electron chi connectivity index (χ1n) is 6.66. The first kappa shape index (κ1) is 19.5. The summed E-state index contributed by atoms with van der Waals surface area (Å²) in [5.74, 6) is -2.55. The quantitative estimate of drug-likeness (QED) is 0.391. The second kappa shape index (κ2) is 7.62. The second-order valence-electron chi connectivity index (χ2n) is 4.90. The number of aromatic carboxylic acids is 1. The Morgan fingerprint density at radius 3 is 2.00 bits per heavy atom. The monoisotopic (exact) mass is 419 g/mol. The van der Waals surface area contributed by atoms with E-state index in [0.717, 1.165) is 0 Å². The van der Waals surface area contributed by atoms with E-state index in [1.54, 1.807) is 12.1 Å². The number of halogens is 4. The van der Waals surface area contributed by atoms with E-state index in [2.05, 4.69) is 5.32 Å². The van der Waals surface area contributed by atoms with Crippen LogP contribution < -0.4 is 5.32 Å². The number of benzene rings is 2. The van der Waals surface area contributed by atoms with Crippen molar-refractivity contribution in [1.29, 1.82) is 0 Å². The van der Waals surface area contributed by atoms with Gasteiger partial charge in [0.25, 0.3) is 5.91 Å². The number of hydrogen-bond acceptors (Lipinski definition) is 3. The molecule has 1 amide bonds. The van der Waals surface area contributed by atoms with Crippen LogP contribution in [0, 0.1) is 0 Å². The lowest BCUT2D eigenvalue weighted by atomic mass is 10.1. The third kappa shape index (κ3) is 3.90. The fourth-order valence-corrected chi connectivity index (χ4v) is 3.07. The minimum atomic E-state index is -1.49. The van der Waals surface area contributed by atoms with E-state index >= 15 is 0 Å². The lowest BCUT2D eigenvalue weighted by Gasteiger charge is -2.14. The Morgan fingerprint density at radius 2 is 1.48 bits per heavy atom. The first-order valence-corrected chi connectivity index (χ1v) is 8.18. The second-order valence-corrected chi connectivity index (χ2v) is 6.41. The van der Waals surface area contributed by atoms with E-state index in [-0.39, 0.29) is 26.5 Å². The van der Waals surface area contributed by atoms with Gasteiger partial charge in [0.05, 0.1) is 31.2 Å². The number of amides is 1. The average Bonchev–Trinajstić information content (AvgIpc) is 2.55. The molecule has 0 aliphatic heterocycles. The van der Waals surface area contributed by atoms with Crippen molar-refractivity contribution in [2.45, 2.75) is 6.92 Å². The Kier molecular flexibility index (Phi) is 5.95. The number of Topliss-reactive ketones (excluding diaryl/α,β-unsaturated/α-hetero) is 1. The molecule has 2 N–H and O–H groups in total. The molecule has 0 spiro atoms. The molecule has 130 valence electrons. The molecule has 0 atom stereocenters. The van der Waals surface area contributed by atoms with Crippen LogP contribution in [-0.2, 0) is 0 Å². The summed E-state index contributed by atoms with van der Waals surface area (Å²) in [7, 11) is 0. The molecular formula is C16H9Cl4NO4. The van der Waals surface area contributed by atoms with Crippen molar-refractivity contribution in [2.75, 3.05) is 5.32 Å². The van der Waals surface area contributed by atoms with E-state index < -0.39 is 28.0 Å². The molecule has 0 heterocycles. The zero-order chi connectivity index (χ0) is 18.9. The van der Waals surface area contributed by atoms with Crippen LogP contribution in [0.25, 0.3) is 0 Å². The molecule has 2 rings (SSSR count). The van der Waals surface area contributed by atoms with Gasteiger partial charge in [0.15, 0.2) is 5.78 Å². The molecule has 0 bridgehead atoms. The molecule has 0 aliphatic carbocycles. The number of ketones is 1. The van der Waals surface area contributed by atoms with Crippen molar-refractivity contribution in [3.05, 3.63) is 61.0 Å². The van der Waals surface area contributed by atoms with E-state index in [1.807, 2.05) is 0 Å². The summed E-state index contributed by atoms with van der Waals surface area (Å²) < 4.78 is 0. The number of carboxylic acids is 1. The topological polar surface area (TPSA) is 83.5 Å².